The third kappa shape index (κ3) is 4.34. The zero-order chi connectivity index (χ0) is 19.8. The van der Waals surface area contributed by atoms with E-state index in [4.69, 9.17) is 11.6 Å². The van der Waals surface area contributed by atoms with E-state index in [0.717, 1.165) is 16.7 Å². The number of benzene rings is 2. The summed E-state index contributed by atoms with van der Waals surface area (Å²) in [5, 5.41) is 21.4. The van der Waals surface area contributed by atoms with Crippen molar-refractivity contribution in [1.82, 2.24) is 4.90 Å². The smallest absolute Gasteiger partial charge is 0.253 e. The van der Waals surface area contributed by atoms with Crippen LogP contribution in [-0.4, -0.2) is 39.4 Å². The summed E-state index contributed by atoms with van der Waals surface area (Å²) in [7, 11) is 0. The topological polar surface area (TPSA) is 60.8 Å². The van der Waals surface area contributed by atoms with Crippen LogP contribution in [0.4, 0.5) is 0 Å². The van der Waals surface area contributed by atoms with Crippen LogP contribution in [-0.2, 0) is 11.2 Å². The molecule has 2 aromatic carbocycles. The van der Waals surface area contributed by atoms with Crippen molar-refractivity contribution >= 4 is 17.5 Å². The molecule has 3 atom stereocenters. The van der Waals surface area contributed by atoms with Gasteiger partial charge in [0.15, 0.2) is 0 Å². The van der Waals surface area contributed by atoms with Crippen molar-refractivity contribution in [3.63, 3.8) is 0 Å². The maximum absolute atomic E-state index is 12.4. The molecule has 0 radical (unpaired) electrons. The van der Waals surface area contributed by atoms with Crippen LogP contribution in [0.3, 0.4) is 0 Å². The molecule has 0 spiro atoms. The molecule has 0 aliphatic carbocycles. The molecular weight excluding hydrogens is 362 g/mol. The Morgan fingerprint density at radius 3 is 2.41 bits per heavy atom. The number of aliphatic hydroxyl groups excluding tert-OH is 2. The quantitative estimate of drug-likeness (QED) is 0.837. The van der Waals surface area contributed by atoms with E-state index < -0.39 is 23.7 Å². The number of carbonyl (C=O) groups excluding carboxylic acids is 1. The number of likely N-dealkylation sites (tertiary alicyclic amines) is 1. The van der Waals surface area contributed by atoms with E-state index in [0.29, 0.717) is 17.9 Å². The fourth-order valence-corrected chi connectivity index (χ4v) is 3.71. The average Bonchev–Trinajstić information content (AvgIpc) is 2.88. The fraction of sp³-hybridized carbons (Fsp3) is 0.409. The van der Waals surface area contributed by atoms with E-state index in [1.165, 1.54) is 4.90 Å². The van der Waals surface area contributed by atoms with Gasteiger partial charge in [0.25, 0.3) is 5.91 Å². The minimum absolute atomic E-state index is 0.223. The second kappa shape index (κ2) is 7.63. The van der Waals surface area contributed by atoms with Gasteiger partial charge in [-0.15, -0.1) is 0 Å². The van der Waals surface area contributed by atoms with Crippen LogP contribution in [0, 0.1) is 5.41 Å². The maximum atomic E-state index is 12.4. The van der Waals surface area contributed by atoms with Crippen molar-refractivity contribution in [2.45, 2.75) is 52.0 Å². The molecule has 1 saturated heterocycles. The predicted octanol–water partition coefficient (Wildman–Crippen LogP) is 3.88. The first kappa shape index (κ1) is 19.9. The molecule has 2 N–H and O–H groups in total. The molecule has 144 valence electrons. The van der Waals surface area contributed by atoms with Crippen molar-refractivity contribution in [1.29, 1.82) is 0 Å². The number of nitrogens with zero attached hydrogens (tertiary/aromatic N) is 1. The van der Waals surface area contributed by atoms with Crippen molar-refractivity contribution in [2.75, 3.05) is 0 Å². The van der Waals surface area contributed by atoms with E-state index in [1.807, 2.05) is 69.3 Å². The van der Waals surface area contributed by atoms with Gasteiger partial charge in [-0.3, -0.25) is 4.79 Å². The third-order valence-electron chi connectivity index (χ3n) is 5.05. The highest BCUT2D eigenvalue weighted by Crippen LogP contribution is 2.32. The molecule has 5 heteroatoms. The zero-order valence-corrected chi connectivity index (χ0v) is 16.6. The molecular formula is C22H26ClNO3. The number of hydrogen-bond acceptors (Lipinski definition) is 3. The van der Waals surface area contributed by atoms with Gasteiger partial charge in [0.2, 0.25) is 0 Å². The lowest BCUT2D eigenvalue weighted by atomic mass is 9.92. The maximum Gasteiger partial charge on any atom is 0.253 e. The van der Waals surface area contributed by atoms with Gasteiger partial charge in [0, 0.05) is 22.9 Å². The standard InChI is InChI=1S/C22H26ClNO3/c1-22(2,3)21(27)24-18(13-19(25)20(24)26)11-14-7-9-15(10-8-14)16-5-4-6-17(23)12-16/h4-10,12,18-19,21,25,27H,11,13H2,1-3H3/t18-,19-,21?/m1/s1. The van der Waals surface area contributed by atoms with Gasteiger partial charge >= 0.3 is 0 Å². The summed E-state index contributed by atoms with van der Waals surface area (Å²) in [4.78, 5) is 13.8. The summed E-state index contributed by atoms with van der Waals surface area (Å²) < 4.78 is 0. The molecule has 0 aromatic heterocycles. The number of carbonyl (C=O) groups is 1. The number of hydrogen-bond donors (Lipinski definition) is 2. The highest BCUT2D eigenvalue weighted by molar-refractivity contribution is 6.30. The molecule has 1 aliphatic heterocycles. The summed E-state index contributed by atoms with van der Waals surface area (Å²) in [6, 6.07) is 15.6. The summed E-state index contributed by atoms with van der Waals surface area (Å²) in [5.74, 6) is -0.391. The Kier molecular flexibility index (Phi) is 5.61. The molecule has 0 saturated carbocycles. The molecule has 1 fully saturated rings. The van der Waals surface area contributed by atoms with E-state index in [-0.39, 0.29) is 6.04 Å². The summed E-state index contributed by atoms with van der Waals surface area (Å²) in [6.45, 7) is 5.64. The van der Waals surface area contributed by atoms with Gasteiger partial charge < -0.3 is 15.1 Å². The SMILES string of the molecule is CC(C)(C)C(O)N1C(=O)[C@H](O)C[C@H]1Cc1ccc(-c2cccc(Cl)c2)cc1. The number of aliphatic hydroxyl groups is 2. The lowest BCUT2D eigenvalue weighted by molar-refractivity contribution is -0.153. The summed E-state index contributed by atoms with van der Waals surface area (Å²) >= 11 is 6.06. The first-order valence-electron chi connectivity index (χ1n) is 9.20. The average molecular weight is 388 g/mol. The Balaban J connectivity index is 1.78. The van der Waals surface area contributed by atoms with E-state index in [9.17, 15) is 15.0 Å². The first-order chi connectivity index (χ1) is 12.7. The Morgan fingerprint density at radius 1 is 1.15 bits per heavy atom. The lowest BCUT2D eigenvalue weighted by Crippen LogP contribution is -2.50. The molecule has 4 nitrogen and oxygen atoms in total. The molecule has 1 heterocycles. The van der Waals surface area contributed by atoms with Crippen molar-refractivity contribution in [3.05, 3.63) is 59.1 Å². The highest BCUT2D eigenvalue weighted by atomic mass is 35.5. The highest BCUT2D eigenvalue weighted by Gasteiger charge is 2.44. The van der Waals surface area contributed by atoms with Gasteiger partial charge in [-0.05, 0) is 35.2 Å². The van der Waals surface area contributed by atoms with Gasteiger partial charge in [-0.2, -0.15) is 0 Å². The van der Waals surface area contributed by atoms with Crippen LogP contribution < -0.4 is 0 Å². The van der Waals surface area contributed by atoms with Crippen LogP contribution in [0.2, 0.25) is 5.02 Å². The van der Waals surface area contributed by atoms with Crippen LogP contribution in [0.5, 0.6) is 0 Å². The van der Waals surface area contributed by atoms with E-state index in [2.05, 4.69) is 0 Å². The minimum atomic E-state index is -1.04. The second-order valence-electron chi connectivity index (χ2n) is 8.30. The normalized spacial score (nSPS) is 21.6. The minimum Gasteiger partial charge on any atom is -0.383 e. The van der Waals surface area contributed by atoms with Crippen LogP contribution in [0.15, 0.2) is 48.5 Å². The molecule has 1 aliphatic rings. The van der Waals surface area contributed by atoms with Gasteiger partial charge in [0.1, 0.15) is 12.3 Å². The molecule has 2 aromatic rings. The Hall–Kier alpha value is -1.88. The Labute approximate surface area is 165 Å². The van der Waals surface area contributed by atoms with Crippen LogP contribution in [0.25, 0.3) is 11.1 Å². The van der Waals surface area contributed by atoms with Gasteiger partial charge in [0.05, 0.1) is 0 Å². The first-order valence-corrected chi connectivity index (χ1v) is 9.58. The Morgan fingerprint density at radius 2 is 1.81 bits per heavy atom. The number of halogens is 1. The van der Waals surface area contributed by atoms with Crippen LogP contribution >= 0.6 is 11.6 Å². The van der Waals surface area contributed by atoms with Crippen LogP contribution in [0.1, 0.15) is 32.8 Å². The largest absolute Gasteiger partial charge is 0.383 e. The van der Waals surface area contributed by atoms with Crippen molar-refractivity contribution in [3.8, 4) is 11.1 Å². The van der Waals surface area contributed by atoms with E-state index in [1.54, 1.807) is 0 Å². The molecule has 1 unspecified atom stereocenters. The monoisotopic (exact) mass is 387 g/mol. The van der Waals surface area contributed by atoms with Crippen molar-refractivity contribution < 1.29 is 15.0 Å². The third-order valence-corrected chi connectivity index (χ3v) is 5.28. The summed E-state index contributed by atoms with van der Waals surface area (Å²) in [6.07, 6.45) is -1.05. The Bertz CT molecular complexity index is 813. The zero-order valence-electron chi connectivity index (χ0n) is 15.9. The fourth-order valence-electron chi connectivity index (χ4n) is 3.52. The van der Waals surface area contributed by atoms with Crippen molar-refractivity contribution in [2.24, 2.45) is 5.41 Å². The van der Waals surface area contributed by atoms with E-state index >= 15 is 0 Å². The molecule has 1 amide bonds. The summed E-state index contributed by atoms with van der Waals surface area (Å²) in [5.41, 5.74) is 2.69. The van der Waals surface area contributed by atoms with Gasteiger partial charge in [-0.25, -0.2) is 0 Å². The number of amides is 1. The molecule has 27 heavy (non-hydrogen) atoms. The van der Waals surface area contributed by atoms with Gasteiger partial charge in [-0.1, -0.05) is 68.8 Å². The second-order valence-corrected chi connectivity index (χ2v) is 8.74. The predicted molar refractivity (Wildman–Crippen MR) is 107 cm³/mol. The molecule has 0 bridgehead atoms. The number of rotatable bonds is 4. The molecule has 3 rings (SSSR count). The lowest BCUT2D eigenvalue weighted by Gasteiger charge is -2.37.